The van der Waals surface area contributed by atoms with Crippen LogP contribution < -0.4 is 10.6 Å². The Morgan fingerprint density at radius 1 is 1.32 bits per heavy atom. The van der Waals surface area contributed by atoms with Gasteiger partial charge in [0.1, 0.15) is 0 Å². The summed E-state index contributed by atoms with van der Waals surface area (Å²) in [5.74, 6) is -0.0631. The van der Waals surface area contributed by atoms with Gasteiger partial charge in [0.15, 0.2) is 0 Å². The molecule has 1 aliphatic rings. The number of hydrogen-bond acceptors (Lipinski definition) is 4. The van der Waals surface area contributed by atoms with Crippen LogP contribution in [0, 0.1) is 13.8 Å². The Kier molecular flexibility index (Phi) is 6.99. The van der Waals surface area contributed by atoms with Crippen LogP contribution in [-0.2, 0) is 9.53 Å². The molecule has 136 valence electrons. The number of anilines is 1. The van der Waals surface area contributed by atoms with Gasteiger partial charge in [-0.2, -0.15) is 5.10 Å². The Bertz CT molecular complexity index is 697. The first-order chi connectivity index (χ1) is 11.6. The Morgan fingerprint density at radius 3 is 2.76 bits per heavy atom. The second kappa shape index (κ2) is 8.99. The van der Waals surface area contributed by atoms with E-state index in [0.717, 1.165) is 42.2 Å². The molecule has 1 aromatic carbocycles. The summed E-state index contributed by atoms with van der Waals surface area (Å²) in [6, 6.07) is 9.90. The van der Waals surface area contributed by atoms with Gasteiger partial charge in [0, 0.05) is 13.2 Å². The lowest BCUT2D eigenvalue weighted by Gasteiger charge is -2.11. The number of benzene rings is 1. The number of rotatable bonds is 6. The molecule has 1 atom stereocenters. The quantitative estimate of drug-likeness (QED) is 0.826. The smallest absolute Gasteiger partial charge is 0.238 e. The van der Waals surface area contributed by atoms with Crippen LogP contribution in [0.3, 0.4) is 0 Å². The fourth-order valence-corrected chi connectivity index (χ4v) is 2.98. The van der Waals surface area contributed by atoms with Crippen molar-refractivity contribution in [3.05, 3.63) is 41.7 Å². The average Bonchev–Trinajstić information content (AvgIpc) is 3.19. The first-order valence-corrected chi connectivity index (χ1v) is 8.39. The summed E-state index contributed by atoms with van der Waals surface area (Å²) < 4.78 is 7.39. The minimum absolute atomic E-state index is 0. The predicted octanol–water partition coefficient (Wildman–Crippen LogP) is 2.62. The fourth-order valence-electron chi connectivity index (χ4n) is 2.98. The number of nitrogens with one attached hydrogen (secondary N) is 2. The normalized spacial score (nSPS) is 16.5. The van der Waals surface area contributed by atoms with Crippen molar-refractivity contribution in [1.29, 1.82) is 0 Å². The van der Waals surface area contributed by atoms with Gasteiger partial charge in [0.05, 0.1) is 35.4 Å². The van der Waals surface area contributed by atoms with E-state index in [0.29, 0.717) is 6.54 Å². The number of para-hydroxylation sites is 1. The minimum atomic E-state index is -0.0631. The van der Waals surface area contributed by atoms with Gasteiger partial charge in [0.2, 0.25) is 5.91 Å². The van der Waals surface area contributed by atoms with Gasteiger partial charge in [-0.1, -0.05) is 18.2 Å². The highest BCUT2D eigenvalue weighted by Gasteiger charge is 2.17. The standard InChI is InChI=1S/C18H24N4O2.ClH/c1-13-18(14(2)22(21-13)15-7-4-3-5-8-15)20-17(23)12-19-11-16-9-6-10-24-16;/h3-5,7-8,16,19H,6,9-12H2,1-2H3,(H,20,23);1H. The zero-order valence-electron chi connectivity index (χ0n) is 14.6. The summed E-state index contributed by atoms with van der Waals surface area (Å²) in [5, 5.41) is 10.7. The molecule has 1 fully saturated rings. The molecule has 0 spiro atoms. The SMILES string of the molecule is Cc1nn(-c2ccccc2)c(C)c1NC(=O)CNCC1CCCO1.Cl. The number of halogens is 1. The Morgan fingerprint density at radius 2 is 2.08 bits per heavy atom. The van der Waals surface area contributed by atoms with Crippen molar-refractivity contribution < 1.29 is 9.53 Å². The highest BCUT2D eigenvalue weighted by molar-refractivity contribution is 5.93. The lowest BCUT2D eigenvalue weighted by molar-refractivity contribution is -0.115. The maximum absolute atomic E-state index is 12.2. The zero-order valence-corrected chi connectivity index (χ0v) is 15.4. The summed E-state index contributed by atoms with van der Waals surface area (Å²) in [5.41, 5.74) is 3.49. The first kappa shape index (κ1) is 19.4. The summed E-state index contributed by atoms with van der Waals surface area (Å²) in [6.45, 7) is 5.68. The van der Waals surface area contributed by atoms with Crippen molar-refractivity contribution in [1.82, 2.24) is 15.1 Å². The molecule has 1 amide bonds. The van der Waals surface area contributed by atoms with E-state index in [1.165, 1.54) is 0 Å². The summed E-state index contributed by atoms with van der Waals surface area (Å²) in [7, 11) is 0. The summed E-state index contributed by atoms with van der Waals surface area (Å²) >= 11 is 0. The van der Waals surface area contributed by atoms with E-state index in [4.69, 9.17) is 4.74 Å². The monoisotopic (exact) mass is 364 g/mol. The molecule has 0 aliphatic carbocycles. The molecule has 1 aliphatic heterocycles. The van der Waals surface area contributed by atoms with Gasteiger partial charge in [0.25, 0.3) is 0 Å². The molecule has 25 heavy (non-hydrogen) atoms. The largest absolute Gasteiger partial charge is 0.377 e. The summed E-state index contributed by atoms with van der Waals surface area (Å²) in [4.78, 5) is 12.2. The maximum atomic E-state index is 12.2. The highest BCUT2D eigenvalue weighted by atomic mass is 35.5. The van der Waals surface area contributed by atoms with Crippen LogP contribution in [0.4, 0.5) is 5.69 Å². The molecule has 1 aromatic heterocycles. The fraction of sp³-hybridized carbons (Fsp3) is 0.444. The van der Waals surface area contributed by atoms with Gasteiger partial charge in [-0.3, -0.25) is 4.79 Å². The van der Waals surface area contributed by atoms with E-state index >= 15 is 0 Å². The Balaban J connectivity index is 0.00000225. The topological polar surface area (TPSA) is 68.2 Å². The number of aromatic nitrogens is 2. The molecule has 3 rings (SSSR count). The molecule has 0 saturated carbocycles. The molecule has 7 heteroatoms. The van der Waals surface area contributed by atoms with Gasteiger partial charge in [-0.05, 0) is 38.8 Å². The van der Waals surface area contributed by atoms with E-state index in [1.807, 2.05) is 48.9 Å². The summed E-state index contributed by atoms with van der Waals surface area (Å²) in [6.07, 6.45) is 2.41. The second-order valence-corrected chi connectivity index (χ2v) is 6.11. The third-order valence-electron chi connectivity index (χ3n) is 4.24. The Hall–Kier alpha value is -1.89. The number of nitrogens with zero attached hydrogens (tertiary/aromatic N) is 2. The molecule has 2 N–H and O–H groups in total. The van der Waals surface area contributed by atoms with Gasteiger partial charge < -0.3 is 15.4 Å². The number of carbonyl (C=O) groups excluding carboxylic acids is 1. The predicted molar refractivity (Wildman–Crippen MR) is 101 cm³/mol. The molecule has 1 unspecified atom stereocenters. The third-order valence-corrected chi connectivity index (χ3v) is 4.24. The van der Waals surface area contributed by atoms with Crippen molar-refractivity contribution in [2.24, 2.45) is 0 Å². The van der Waals surface area contributed by atoms with Crippen molar-refractivity contribution in [3.8, 4) is 5.69 Å². The van der Waals surface area contributed by atoms with Crippen molar-refractivity contribution in [3.63, 3.8) is 0 Å². The van der Waals surface area contributed by atoms with Crippen LogP contribution in [0.15, 0.2) is 30.3 Å². The molecule has 1 saturated heterocycles. The lowest BCUT2D eigenvalue weighted by atomic mass is 10.2. The maximum Gasteiger partial charge on any atom is 0.238 e. The van der Waals surface area contributed by atoms with E-state index < -0.39 is 0 Å². The van der Waals surface area contributed by atoms with Crippen molar-refractivity contribution in [2.45, 2.75) is 32.8 Å². The Labute approximate surface area is 154 Å². The van der Waals surface area contributed by atoms with E-state index in [2.05, 4.69) is 15.7 Å². The molecule has 2 aromatic rings. The molecular weight excluding hydrogens is 340 g/mol. The van der Waals surface area contributed by atoms with Crippen molar-refractivity contribution >= 4 is 24.0 Å². The number of amides is 1. The van der Waals surface area contributed by atoms with E-state index in [1.54, 1.807) is 0 Å². The number of carbonyl (C=O) groups is 1. The van der Waals surface area contributed by atoms with Crippen LogP contribution >= 0.6 is 12.4 Å². The van der Waals surface area contributed by atoms with Gasteiger partial charge in [-0.15, -0.1) is 12.4 Å². The third kappa shape index (κ3) is 4.81. The number of hydrogen-bond donors (Lipinski definition) is 2. The lowest BCUT2D eigenvalue weighted by Crippen LogP contribution is -2.33. The molecule has 6 nitrogen and oxygen atoms in total. The van der Waals surface area contributed by atoms with Gasteiger partial charge in [-0.25, -0.2) is 4.68 Å². The van der Waals surface area contributed by atoms with Gasteiger partial charge >= 0.3 is 0 Å². The van der Waals surface area contributed by atoms with Crippen LogP contribution in [0.25, 0.3) is 5.69 Å². The number of ether oxygens (including phenoxy) is 1. The number of aryl methyl sites for hydroxylation is 1. The van der Waals surface area contributed by atoms with Crippen LogP contribution in [0.1, 0.15) is 24.2 Å². The van der Waals surface area contributed by atoms with E-state index in [9.17, 15) is 4.79 Å². The highest BCUT2D eigenvalue weighted by Crippen LogP contribution is 2.22. The first-order valence-electron chi connectivity index (χ1n) is 8.39. The van der Waals surface area contributed by atoms with Crippen LogP contribution in [-0.4, -0.2) is 41.5 Å². The molecule has 2 heterocycles. The minimum Gasteiger partial charge on any atom is -0.377 e. The van der Waals surface area contributed by atoms with Crippen molar-refractivity contribution in [2.75, 3.05) is 25.0 Å². The molecular formula is C18H25ClN4O2. The van der Waals surface area contributed by atoms with Crippen LogP contribution in [0.2, 0.25) is 0 Å². The molecule has 0 bridgehead atoms. The van der Waals surface area contributed by atoms with E-state index in [-0.39, 0.29) is 31.0 Å². The average molecular weight is 365 g/mol. The zero-order chi connectivity index (χ0) is 16.9. The second-order valence-electron chi connectivity index (χ2n) is 6.11. The molecule has 0 radical (unpaired) electrons. The van der Waals surface area contributed by atoms with Crippen LogP contribution in [0.5, 0.6) is 0 Å².